The molecule has 1 aliphatic heterocycles. The zero-order chi connectivity index (χ0) is 19.1. The summed E-state index contributed by atoms with van der Waals surface area (Å²) in [5, 5.41) is 0. The van der Waals surface area contributed by atoms with Crippen LogP contribution < -0.4 is 9.04 Å². The second-order valence-electron chi connectivity index (χ2n) is 6.97. The van der Waals surface area contributed by atoms with Crippen LogP contribution in [0, 0.1) is 0 Å². The van der Waals surface area contributed by atoms with E-state index in [1.807, 2.05) is 0 Å². The van der Waals surface area contributed by atoms with Gasteiger partial charge in [-0.15, -0.1) is 0 Å². The highest BCUT2D eigenvalue weighted by atomic mass is 32.2. The number of anilines is 1. The van der Waals surface area contributed by atoms with Crippen LogP contribution in [0.15, 0.2) is 53.4 Å². The van der Waals surface area contributed by atoms with Gasteiger partial charge in [-0.1, -0.05) is 18.2 Å². The highest BCUT2D eigenvalue weighted by Gasteiger charge is 2.48. The lowest BCUT2D eigenvalue weighted by Gasteiger charge is -2.28. The third-order valence-electron chi connectivity index (χ3n) is 3.94. The second kappa shape index (κ2) is 6.32. The lowest BCUT2D eigenvalue weighted by Crippen LogP contribution is -2.37. The van der Waals surface area contributed by atoms with Crippen molar-refractivity contribution in [3.63, 3.8) is 0 Å². The van der Waals surface area contributed by atoms with Gasteiger partial charge < -0.3 is 9.47 Å². The molecule has 0 saturated carbocycles. The first-order valence-electron chi connectivity index (χ1n) is 8.15. The van der Waals surface area contributed by atoms with Gasteiger partial charge in [-0.3, -0.25) is 0 Å². The minimum atomic E-state index is -3.88. The number of esters is 1. The van der Waals surface area contributed by atoms with Crippen molar-refractivity contribution in [2.24, 2.45) is 0 Å². The molecule has 1 atom stereocenters. The Kier molecular flexibility index (Phi) is 4.44. The maximum atomic E-state index is 13.1. The molecule has 6 nitrogen and oxygen atoms in total. The predicted octanol–water partition coefficient (Wildman–Crippen LogP) is 3.29. The van der Waals surface area contributed by atoms with Gasteiger partial charge in [0.05, 0.1) is 17.7 Å². The van der Waals surface area contributed by atoms with Gasteiger partial charge in [-0.25, -0.2) is 17.5 Å². The normalized spacial score (nSPS) is 18.3. The summed E-state index contributed by atoms with van der Waals surface area (Å²) < 4.78 is 38.0. The minimum absolute atomic E-state index is 0.117. The summed E-state index contributed by atoms with van der Waals surface area (Å²) in [7, 11) is -2.35. The van der Waals surface area contributed by atoms with Crippen molar-refractivity contribution < 1.29 is 22.7 Å². The lowest BCUT2D eigenvalue weighted by atomic mass is 10.1. The fourth-order valence-electron chi connectivity index (χ4n) is 2.91. The summed E-state index contributed by atoms with van der Waals surface area (Å²) in [6, 6.07) is 12.0. The number of fused-ring (bicyclic) bond motifs is 1. The molecule has 26 heavy (non-hydrogen) atoms. The number of benzene rings is 2. The molecule has 7 heteroatoms. The number of rotatable bonds is 3. The fraction of sp³-hybridized carbons (Fsp3) is 0.316. The molecule has 138 valence electrons. The molecule has 0 aromatic heterocycles. The molecule has 1 unspecified atom stereocenters. The molecule has 0 N–H and O–H groups in total. The van der Waals surface area contributed by atoms with E-state index in [9.17, 15) is 13.2 Å². The summed E-state index contributed by atoms with van der Waals surface area (Å²) >= 11 is 0. The van der Waals surface area contributed by atoms with Crippen LogP contribution in [0.3, 0.4) is 0 Å². The molecule has 0 amide bonds. The van der Waals surface area contributed by atoms with Crippen molar-refractivity contribution in [1.82, 2.24) is 0 Å². The van der Waals surface area contributed by atoms with Crippen LogP contribution in [0.25, 0.3) is 0 Å². The number of methoxy groups -OCH3 is 1. The van der Waals surface area contributed by atoms with Gasteiger partial charge in [-0.05, 0) is 51.1 Å². The van der Waals surface area contributed by atoms with Crippen LogP contribution in [-0.4, -0.2) is 27.1 Å². The summed E-state index contributed by atoms with van der Waals surface area (Å²) in [5.41, 5.74) is 0.0552. The zero-order valence-electron chi connectivity index (χ0n) is 15.1. The average Bonchev–Trinajstić information content (AvgIpc) is 2.81. The Morgan fingerprint density at radius 1 is 1.04 bits per heavy atom. The minimum Gasteiger partial charge on any atom is -0.497 e. The maximum Gasteiger partial charge on any atom is 0.335 e. The van der Waals surface area contributed by atoms with Crippen molar-refractivity contribution in [2.45, 2.75) is 37.3 Å². The molecular weight excluding hydrogens is 354 g/mol. The molecule has 3 rings (SSSR count). The van der Waals surface area contributed by atoms with Crippen molar-refractivity contribution in [2.75, 3.05) is 11.4 Å². The van der Waals surface area contributed by atoms with Crippen LogP contribution in [-0.2, 0) is 19.6 Å². The highest BCUT2D eigenvalue weighted by Crippen LogP contribution is 2.44. The van der Waals surface area contributed by atoms with Crippen molar-refractivity contribution in [3.05, 3.63) is 54.1 Å². The van der Waals surface area contributed by atoms with E-state index in [1.165, 1.54) is 13.2 Å². The Balaban J connectivity index is 2.14. The van der Waals surface area contributed by atoms with Gasteiger partial charge in [0, 0.05) is 5.56 Å². The molecule has 0 spiro atoms. The van der Waals surface area contributed by atoms with Gasteiger partial charge in [-0.2, -0.15) is 0 Å². The number of hydrogen-bond donors (Lipinski definition) is 0. The first-order chi connectivity index (χ1) is 12.1. The summed E-state index contributed by atoms with van der Waals surface area (Å²) in [6.45, 7) is 5.24. The van der Waals surface area contributed by atoms with Crippen LogP contribution in [0.1, 0.15) is 32.4 Å². The van der Waals surface area contributed by atoms with E-state index in [0.29, 0.717) is 17.0 Å². The number of ether oxygens (including phenoxy) is 2. The molecule has 0 saturated heterocycles. The van der Waals surface area contributed by atoms with E-state index >= 15 is 0 Å². The molecule has 0 radical (unpaired) electrons. The highest BCUT2D eigenvalue weighted by molar-refractivity contribution is 7.93. The maximum absolute atomic E-state index is 13.1. The van der Waals surface area contributed by atoms with Gasteiger partial charge in [0.25, 0.3) is 10.0 Å². The third kappa shape index (κ3) is 3.14. The SMILES string of the molecule is COc1ccc(N2C(C(=O)OC(C)(C)C)c3ccccc3S2(=O)=O)cc1. The molecule has 0 bridgehead atoms. The fourth-order valence-corrected chi connectivity index (χ4v) is 4.73. The van der Waals surface area contributed by atoms with Crippen LogP contribution in [0.4, 0.5) is 5.69 Å². The quantitative estimate of drug-likeness (QED) is 0.770. The number of carbonyl (C=O) groups excluding carboxylic acids is 1. The lowest BCUT2D eigenvalue weighted by molar-refractivity contribution is -0.156. The molecular formula is C19H21NO5S. The van der Waals surface area contributed by atoms with Gasteiger partial charge >= 0.3 is 5.97 Å². The molecule has 2 aromatic carbocycles. The Bertz CT molecular complexity index is 929. The Hall–Kier alpha value is -2.54. The summed E-state index contributed by atoms with van der Waals surface area (Å²) in [4.78, 5) is 13.0. The predicted molar refractivity (Wildman–Crippen MR) is 97.7 cm³/mol. The van der Waals surface area contributed by atoms with E-state index in [0.717, 1.165) is 4.31 Å². The number of carbonyl (C=O) groups is 1. The Labute approximate surface area is 153 Å². The smallest absolute Gasteiger partial charge is 0.335 e. The first-order valence-corrected chi connectivity index (χ1v) is 9.59. The van der Waals surface area contributed by atoms with Gasteiger partial charge in [0.1, 0.15) is 11.4 Å². The standard InChI is InChI=1S/C19H21NO5S/c1-19(2,3)25-18(21)17-15-7-5-6-8-16(15)26(22,23)20(17)13-9-11-14(24-4)12-10-13/h5-12,17H,1-4H3. The Morgan fingerprint density at radius 2 is 1.65 bits per heavy atom. The summed E-state index contributed by atoms with van der Waals surface area (Å²) in [6.07, 6.45) is 0. The third-order valence-corrected chi connectivity index (χ3v) is 5.81. The number of sulfonamides is 1. The molecule has 0 fully saturated rings. The van der Waals surface area contributed by atoms with Gasteiger partial charge in [0.15, 0.2) is 6.04 Å². The van der Waals surface area contributed by atoms with Crippen molar-refractivity contribution in [3.8, 4) is 5.75 Å². The molecule has 1 aliphatic rings. The monoisotopic (exact) mass is 375 g/mol. The molecule has 0 aliphatic carbocycles. The van der Waals surface area contributed by atoms with E-state index < -0.39 is 27.6 Å². The van der Waals surface area contributed by atoms with Crippen LogP contribution >= 0.6 is 0 Å². The summed E-state index contributed by atoms with van der Waals surface area (Å²) in [5.74, 6) is -0.0153. The van der Waals surface area contributed by atoms with Crippen LogP contribution in [0.5, 0.6) is 5.75 Å². The first kappa shape index (κ1) is 18.3. The average molecular weight is 375 g/mol. The van der Waals surface area contributed by atoms with E-state index in [-0.39, 0.29) is 4.90 Å². The molecule has 2 aromatic rings. The van der Waals surface area contributed by atoms with E-state index in [1.54, 1.807) is 63.2 Å². The largest absolute Gasteiger partial charge is 0.497 e. The van der Waals surface area contributed by atoms with Crippen molar-refractivity contribution >= 4 is 21.7 Å². The van der Waals surface area contributed by atoms with E-state index in [4.69, 9.17) is 9.47 Å². The zero-order valence-corrected chi connectivity index (χ0v) is 15.9. The molecule has 1 heterocycles. The van der Waals surface area contributed by atoms with Crippen LogP contribution in [0.2, 0.25) is 0 Å². The van der Waals surface area contributed by atoms with E-state index in [2.05, 4.69) is 0 Å². The number of hydrogen-bond acceptors (Lipinski definition) is 5. The Morgan fingerprint density at radius 3 is 2.23 bits per heavy atom. The number of nitrogens with zero attached hydrogens (tertiary/aromatic N) is 1. The second-order valence-corrected chi connectivity index (χ2v) is 8.76. The van der Waals surface area contributed by atoms with Gasteiger partial charge in [0.2, 0.25) is 0 Å². The van der Waals surface area contributed by atoms with Crippen molar-refractivity contribution in [1.29, 1.82) is 0 Å². The topological polar surface area (TPSA) is 72.9 Å².